The lowest BCUT2D eigenvalue weighted by molar-refractivity contribution is -0.0245. The van der Waals surface area contributed by atoms with Gasteiger partial charge < -0.3 is 5.11 Å². The zero-order valence-corrected chi connectivity index (χ0v) is 17.8. The molecule has 1 aliphatic heterocycles. The van der Waals surface area contributed by atoms with E-state index in [1.807, 2.05) is 48.5 Å². The van der Waals surface area contributed by atoms with Crippen molar-refractivity contribution in [3.05, 3.63) is 92.6 Å². The molecule has 3 nitrogen and oxygen atoms in total. The zero-order valence-electron chi connectivity index (χ0n) is 16.2. The van der Waals surface area contributed by atoms with Gasteiger partial charge in [-0.25, -0.2) is 0 Å². The predicted octanol–water partition coefficient (Wildman–Crippen LogP) is 5.16. The first-order valence-electron chi connectivity index (χ1n) is 9.88. The second kappa shape index (κ2) is 8.80. The van der Waals surface area contributed by atoms with Crippen LogP contribution in [0.15, 0.2) is 66.7 Å². The maximum absolute atomic E-state index is 12.7. The molecule has 0 aliphatic carbocycles. The number of hydrogen-bond acceptors (Lipinski definition) is 4. The van der Waals surface area contributed by atoms with Crippen LogP contribution in [-0.4, -0.2) is 35.4 Å². The Bertz CT molecular complexity index is 960. The van der Waals surface area contributed by atoms with E-state index in [9.17, 15) is 9.90 Å². The summed E-state index contributed by atoms with van der Waals surface area (Å²) < 4.78 is 0. The number of rotatable bonds is 6. The topological polar surface area (TPSA) is 40.5 Å². The number of nitrogens with zero attached hydrogens (tertiary/aromatic N) is 1. The molecular weight excluding hydrogens is 402 g/mol. The first-order chi connectivity index (χ1) is 14.0. The van der Waals surface area contributed by atoms with Gasteiger partial charge in [-0.15, -0.1) is 11.3 Å². The van der Waals surface area contributed by atoms with Crippen LogP contribution in [-0.2, 0) is 12.0 Å². The van der Waals surface area contributed by atoms with Crippen molar-refractivity contribution in [2.24, 2.45) is 0 Å². The van der Waals surface area contributed by atoms with Gasteiger partial charge in [-0.3, -0.25) is 9.69 Å². The summed E-state index contributed by atoms with van der Waals surface area (Å²) in [6.45, 7) is 1.81. The molecule has 0 bridgehead atoms. The molecule has 1 aromatic heterocycles. The summed E-state index contributed by atoms with van der Waals surface area (Å²) in [6, 6.07) is 21.7. The van der Waals surface area contributed by atoms with Gasteiger partial charge in [0.2, 0.25) is 0 Å². The van der Waals surface area contributed by atoms with Crippen LogP contribution in [0.4, 0.5) is 0 Å². The Balaban J connectivity index is 1.32. The number of aliphatic hydroxyl groups is 1. The zero-order chi connectivity index (χ0) is 20.3. The van der Waals surface area contributed by atoms with Crippen LogP contribution in [0.25, 0.3) is 0 Å². The van der Waals surface area contributed by atoms with E-state index in [0.29, 0.717) is 37.5 Å². The van der Waals surface area contributed by atoms with Crippen LogP contribution < -0.4 is 0 Å². The average molecular weight is 426 g/mol. The number of benzene rings is 2. The van der Waals surface area contributed by atoms with Crippen molar-refractivity contribution in [1.82, 2.24) is 4.90 Å². The van der Waals surface area contributed by atoms with Crippen molar-refractivity contribution in [1.29, 1.82) is 0 Å². The number of likely N-dealkylation sites (tertiary alicyclic amines) is 1. The van der Waals surface area contributed by atoms with E-state index in [1.54, 1.807) is 11.3 Å². The number of carbonyl (C=O) groups is 1. The van der Waals surface area contributed by atoms with E-state index in [-0.39, 0.29) is 5.78 Å². The summed E-state index contributed by atoms with van der Waals surface area (Å²) in [5.74, 6) is 0.159. The highest BCUT2D eigenvalue weighted by atomic mass is 35.5. The van der Waals surface area contributed by atoms with Crippen molar-refractivity contribution in [3.8, 4) is 0 Å². The SMILES string of the molecule is O=C(CN1CCC(O)(c2ccc(Cl)cc2)CC1)c1ccc(Cc2ccccc2)s1. The Hall–Kier alpha value is -1.98. The van der Waals surface area contributed by atoms with Gasteiger partial charge in [0.1, 0.15) is 0 Å². The minimum atomic E-state index is -0.837. The van der Waals surface area contributed by atoms with Gasteiger partial charge >= 0.3 is 0 Å². The van der Waals surface area contributed by atoms with Crippen LogP contribution in [0.3, 0.4) is 0 Å². The van der Waals surface area contributed by atoms with Crippen LogP contribution in [0, 0.1) is 0 Å². The number of carbonyl (C=O) groups excluding carboxylic acids is 1. The Kier molecular flexibility index (Phi) is 6.16. The van der Waals surface area contributed by atoms with Crippen LogP contribution in [0.5, 0.6) is 0 Å². The van der Waals surface area contributed by atoms with Gasteiger partial charge in [0.15, 0.2) is 5.78 Å². The minimum Gasteiger partial charge on any atom is -0.385 e. The molecule has 5 heteroatoms. The number of thiophene rings is 1. The summed E-state index contributed by atoms with van der Waals surface area (Å²) in [5, 5.41) is 11.7. The van der Waals surface area contributed by atoms with E-state index >= 15 is 0 Å². The first kappa shape index (κ1) is 20.3. The number of halogens is 1. The molecular formula is C24H24ClNO2S. The van der Waals surface area contributed by atoms with Gasteiger partial charge in [-0.05, 0) is 48.2 Å². The van der Waals surface area contributed by atoms with Crippen molar-refractivity contribution < 1.29 is 9.90 Å². The molecule has 0 spiro atoms. The Morgan fingerprint density at radius 2 is 1.69 bits per heavy atom. The summed E-state index contributed by atoms with van der Waals surface area (Å²) in [6.07, 6.45) is 2.09. The van der Waals surface area contributed by atoms with Crippen LogP contribution >= 0.6 is 22.9 Å². The second-order valence-corrected chi connectivity index (χ2v) is 9.27. The van der Waals surface area contributed by atoms with Crippen molar-refractivity contribution in [2.45, 2.75) is 24.9 Å². The fraction of sp³-hybridized carbons (Fsp3) is 0.292. The molecule has 3 aromatic rings. The largest absolute Gasteiger partial charge is 0.385 e. The van der Waals surface area contributed by atoms with E-state index in [2.05, 4.69) is 23.1 Å². The normalized spacial score (nSPS) is 16.6. The molecule has 1 aliphatic rings. The fourth-order valence-corrected chi connectivity index (χ4v) is 4.93. The smallest absolute Gasteiger partial charge is 0.186 e. The molecule has 0 atom stereocenters. The summed E-state index contributed by atoms with van der Waals surface area (Å²) in [4.78, 5) is 16.9. The molecule has 0 saturated carbocycles. The van der Waals surface area contributed by atoms with Crippen LogP contribution in [0.1, 0.15) is 38.5 Å². The highest BCUT2D eigenvalue weighted by Crippen LogP contribution is 2.33. The van der Waals surface area contributed by atoms with Gasteiger partial charge in [0.05, 0.1) is 17.0 Å². The number of Topliss-reactive ketones (excluding diaryl/α,β-unsaturated/α-hetero) is 1. The molecule has 2 heterocycles. The molecule has 4 rings (SSSR count). The molecule has 1 fully saturated rings. The third kappa shape index (κ3) is 4.96. The van der Waals surface area contributed by atoms with E-state index < -0.39 is 5.60 Å². The molecule has 29 heavy (non-hydrogen) atoms. The molecule has 1 N–H and O–H groups in total. The van der Waals surface area contributed by atoms with Crippen molar-refractivity contribution in [2.75, 3.05) is 19.6 Å². The van der Waals surface area contributed by atoms with Gasteiger partial charge in [-0.2, -0.15) is 0 Å². The molecule has 0 amide bonds. The fourth-order valence-electron chi connectivity index (χ4n) is 3.83. The Morgan fingerprint density at radius 1 is 1.00 bits per heavy atom. The van der Waals surface area contributed by atoms with Gasteiger partial charge in [0, 0.05) is 29.4 Å². The summed E-state index contributed by atoms with van der Waals surface area (Å²) in [5.41, 5.74) is 1.32. The van der Waals surface area contributed by atoms with Gasteiger partial charge in [0.25, 0.3) is 0 Å². The lowest BCUT2D eigenvalue weighted by Gasteiger charge is -2.38. The number of hydrogen-bond donors (Lipinski definition) is 1. The van der Waals surface area contributed by atoms with E-state index in [0.717, 1.165) is 16.9 Å². The Labute approximate surface area is 180 Å². The third-order valence-electron chi connectivity index (χ3n) is 5.59. The molecule has 150 valence electrons. The number of ketones is 1. The van der Waals surface area contributed by atoms with E-state index in [1.165, 1.54) is 10.4 Å². The monoisotopic (exact) mass is 425 g/mol. The van der Waals surface area contributed by atoms with Gasteiger partial charge in [-0.1, -0.05) is 54.1 Å². The molecule has 2 aromatic carbocycles. The molecule has 0 radical (unpaired) electrons. The lowest BCUT2D eigenvalue weighted by atomic mass is 9.84. The average Bonchev–Trinajstić information content (AvgIpc) is 3.20. The maximum Gasteiger partial charge on any atom is 0.186 e. The number of piperidine rings is 1. The van der Waals surface area contributed by atoms with Crippen molar-refractivity contribution in [3.63, 3.8) is 0 Å². The second-order valence-electron chi connectivity index (χ2n) is 7.67. The first-order valence-corrected chi connectivity index (χ1v) is 11.1. The lowest BCUT2D eigenvalue weighted by Crippen LogP contribution is -2.44. The summed E-state index contributed by atoms with van der Waals surface area (Å²) in [7, 11) is 0. The summed E-state index contributed by atoms with van der Waals surface area (Å²) >= 11 is 7.54. The molecule has 1 saturated heterocycles. The minimum absolute atomic E-state index is 0.159. The van der Waals surface area contributed by atoms with Crippen molar-refractivity contribution >= 4 is 28.7 Å². The standard InChI is InChI=1S/C24H24ClNO2S/c25-20-8-6-19(7-9-20)24(28)12-14-26(15-13-24)17-22(27)23-11-10-21(29-23)16-18-4-2-1-3-5-18/h1-11,28H,12-17H2. The quantitative estimate of drug-likeness (QED) is 0.554. The highest BCUT2D eigenvalue weighted by molar-refractivity contribution is 7.14. The van der Waals surface area contributed by atoms with Crippen LogP contribution in [0.2, 0.25) is 5.02 Å². The maximum atomic E-state index is 12.7. The van der Waals surface area contributed by atoms with E-state index in [4.69, 9.17) is 11.6 Å². The predicted molar refractivity (Wildman–Crippen MR) is 119 cm³/mol. The Morgan fingerprint density at radius 3 is 2.38 bits per heavy atom. The highest BCUT2D eigenvalue weighted by Gasteiger charge is 2.34. The third-order valence-corrected chi connectivity index (χ3v) is 6.97. The molecule has 0 unspecified atom stereocenters.